The number of esters is 2. The molecule has 2 aromatic rings. The first-order valence-electron chi connectivity index (χ1n) is 8.15. The molecule has 0 amide bonds. The first kappa shape index (κ1) is 19.5. The van der Waals surface area contributed by atoms with E-state index in [1.807, 2.05) is 0 Å². The van der Waals surface area contributed by atoms with Gasteiger partial charge in [-0.15, -0.1) is 0 Å². The van der Waals surface area contributed by atoms with Crippen LogP contribution in [-0.4, -0.2) is 43.2 Å². The maximum Gasteiger partial charge on any atom is 0.338 e. The Bertz CT molecular complexity index is 772. The number of alkyl halides is 1. The molecule has 8 heteroatoms. The first-order valence-corrected chi connectivity index (χ1v) is 8.80. The molecule has 2 aromatic carbocycles. The molecule has 1 heterocycles. The molecule has 3 rings (SSSR count). The molecule has 0 saturated carbocycles. The maximum atomic E-state index is 14.5. The van der Waals surface area contributed by atoms with Gasteiger partial charge in [0.1, 0.15) is 29.0 Å². The average Bonchev–Trinajstić information content (AvgIpc) is 3.02. The number of rotatable bonds is 6. The van der Waals surface area contributed by atoms with E-state index in [0.717, 1.165) is 0 Å². The Balaban J connectivity index is 1.66. The second-order valence-electron chi connectivity index (χ2n) is 5.78. The summed E-state index contributed by atoms with van der Waals surface area (Å²) in [6, 6.07) is 16.5. The molecule has 1 aliphatic heterocycles. The van der Waals surface area contributed by atoms with Crippen LogP contribution in [0.3, 0.4) is 0 Å². The van der Waals surface area contributed by atoms with Crippen molar-refractivity contribution in [1.82, 2.24) is 0 Å². The number of carbonyl (C=O) groups excluding carboxylic acids is 2. The van der Waals surface area contributed by atoms with Gasteiger partial charge in [-0.2, -0.15) is 0 Å². The Kier molecular flexibility index (Phi) is 6.54. The number of hydrogen-bond donors (Lipinski definition) is 0. The van der Waals surface area contributed by atoms with E-state index < -0.39 is 36.6 Å². The molecule has 0 bridgehead atoms. The summed E-state index contributed by atoms with van der Waals surface area (Å²) in [5.41, 5.74) is 0.617. The highest BCUT2D eigenvalue weighted by molar-refractivity contribution is 9.06. The van der Waals surface area contributed by atoms with Gasteiger partial charge in [0.05, 0.1) is 11.1 Å². The molecule has 0 aromatic heterocycles. The summed E-state index contributed by atoms with van der Waals surface area (Å²) < 4.78 is 35.1. The lowest BCUT2D eigenvalue weighted by Gasteiger charge is -2.19. The largest absolute Gasteiger partial charge is 0.459 e. The molecule has 0 spiro atoms. The second kappa shape index (κ2) is 9.07. The average molecular weight is 439 g/mol. The van der Waals surface area contributed by atoms with Crippen molar-refractivity contribution >= 4 is 28.2 Å². The molecule has 27 heavy (non-hydrogen) atoms. The Hall–Kier alpha value is -2.29. The molecule has 6 nitrogen and oxygen atoms in total. The fourth-order valence-electron chi connectivity index (χ4n) is 2.61. The van der Waals surface area contributed by atoms with Crippen molar-refractivity contribution in [3.05, 3.63) is 71.8 Å². The molecule has 0 N–H and O–H groups in total. The molecule has 1 fully saturated rings. The quantitative estimate of drug-likeness (QED) is 0.643. The van der Waals surface area contributed by atoms with Gasteiger partial charge in [-0.1, -0.05) is 36.4 Å². The van der Waals surface area contributed by atoms with Gasteiger partial charge in [0, 0.05) is 0 Å². The maximum absolute atomic E-state index is 14.5. The lowest BCUT2D eigenvalue weighted by Crippen LogP contribution is -2.37. The van der Waals surface area contributed by atoms with Crippen molar-refractivity contribution in [3.8, 4) is 0 Å². The van der Waals surface area contributed by atoms with E-state index in [2.05, 4.69) is 16.3 Å². The van der Waals surface area contributed by atoms with Crippen LogP contribution in [0.2, 0.25) is 0 Å². The monoisotopic (exact) mass is 438 g/mol. The molecule has 1 aliphatic rings. The van der Waals surface area contributed by atoms with E-state index in [1.54, 1.807) is 60.7 Å². The molecule has 1 saturated heterocycles. The van der Waals surface area contributed by atoms with Crippen LogP contribution in [-0.2, 0) is 18.0 Å². The van der Waals surface area contributed by atoms with Crippen molar-refractivity contribution in [3.63, 3.8) is 0 Å². The highest BCUT2D eigenvalue weighted by atomic mass is 79.9. The molecule has 0 radical (unpaired) electrons. The Morgan fingerprint density at radius 3 is 2.07 bits per heavy atom. The number of halogens is 2. The van der Waals surface area contributed by atoms with Crippen molar-refractivity contribution < 1.29 is 32.0 Å². The third kappa shape index (κ3) is 4.71. The highest BCUT2D eigenvalue weighted by Crippen LogP contribution is 2.30. The zero-order chi connectivity index (χ0) is 19.2. The third-order valence-corrected chi connectivity index (χ3v) is 4.35. The van der Waals surface area contributed by atoms with E-state index in [4.69, 9.17) is 18.0 Å². The minimum Gasteiger partial charge on any atom is -0.459 e. The van der Waals surface area contributed by atoms with Crippen molar-refractivity contribution in [1.29, 1.82) is 0 Å². The van der Waals surface area contributed by atoms with Crippen LogP contribution in [0.4, 0.5) is 4.39 Å². The van der Waals surface area contributed by atoms with Gasteiger partial charge in [-0.05, 0) is 24.3 Å². The predicted molar refractivity (Wildman–Crippen MR) is 95.9 cm³/mol. The van der Waals surface area contributed by atoms with Gasteiger partial charge in [0.15, 0.2) is 12.3 Å². The van der Waals surface area contributed by atoms with Gasteiger partial charge in [0.2, 0.25) is 6.29 Å². The first-order chi connectivity index (χ1) is 13.1. The van der Waals surface area contributed by atoms with E-state index >= 15 is 0 Å². The minimum absolute atomic E-state index is 0.271. The zero-order valence-corrected chi connectivity index (χ0v) is 15.6. The van der Waals surface area contributed by atoms with Crippen LogP contribution in [0.15, 0.2) is 60.7 Å². The fraction of sp³-hybridized carbons (Fsp3) is 0.263. The normalized spacial score (nSPS) is 24.4. The summed E-state index contributed by atoms with van der Waals surface area (Å²) in [5, 5.41) is 0. The third-order valence-electron chi connectivity index (χ3n) is 3.98. The lowest BCUT2D eigenvalue weighted by atomic mass is 10.1. The Labute approximate surface area is 163 Å². The number of hydrogen-bond acceptors (Lipinski definition) is 6. The summed E-state index contributed by atoms with van der Waals surface area (Å²) >= 11 is 2.69. The van der Waals surface area contributed by atoms with E-state index in [-0.39, 0.29) is 12.2 Å². The lowest BCUT2D eigenvalue weighted by molar-refractivity contribution is -0.0944. The van der Waals surface area contributed by atoms with Crippen LogP contribution in [0.25, 0.3) is 0 Å². The second-order valence-corrected chi connectivity index (χ2v) is 6.15. The van der Waals surface area contributed by atoms with E-state index in [0.29, 0.717) is 5.56 Å². The van der Waals surface area contributed by atoms with E-state index in [1.165, 1.54) is 0 Å². The van der Waals surface area contributed by atoms with Gasteiger partial charge in [-0.25, -0.2) is 14.0 Å². The summed E-state index contributed by atoms with van der Waals surface area (Å²) in [4.78, 5) is 24.3. The number of benzene rings is 2. The summed E-state index contributed by atoms with van der Waals surface area (Å²) in [5.74, 6) is -1.30. The van der Waals surface area contributed by atoms with Crippen LogP contribution >= 0.6 is 16.3 Å². The SMILES string of the molecule is O=C(OC[C@H]1O[C@H](OBr)[C@@H](F)[C@@H]1OC(=O)c1ccccc1)c1ccccc1. The fourth-order valence-corrected chi connectivity index (χ4v) is 2.91. The van der Waals surface area contributed by atoms with Gasteiger partial charge < -0.3 is 14.2 Å². The summed E-state index contributed by atoms with van der Waals surface area (Å²) in [6.45, 7) is -0.298. The Morgan fingerprint density at radius 1 is 0.963 bits per heavy atom. The molecule has 4 atom stereocenters. The van der Waals surface area contributed by atoms with Crippen molar-refractivity contribution in [2.45, 2.75) is 24.7 Å². The molecule has 142 valence electrons. The number of ether oxygens (including phenoxy) is 3. The van der Waals surface area contributed by atoms with Crippen LogP contribution in [0, 0.1) is 0 Å². The summed E-state index contributed by atoms with van der Waals surface area (Å²) in [7, 11) is 0. The zero-order valence-electron chi connectivity index (χ0n) is 14.0. The topological polar surface area (TPSA) is 71.1 Å². The van der Waals surface area contributed by atoms with Gasteiger partial charge >= 0.3 is 11.9 Å². The van der Waals surface area contributed by atoms with Crippen molar-refractivity contribution in [2.75, 3.05) is 6.61 Å². The molecular formula is C19H16BrFO6. The van der Waals surface area contributed by atoms with E-state index in [9.17, 15) is 14.0 Å². The van der Waals surface area contributed by atoms with Crippen LogP contribution < -0.4 is 0 Å². The van der Waals surface area contributed by atoms with Gasteiger partial charge in [-0.3, -0.25) is 3.83 Å². The Morgan fingerprint density at radius 2 is 1.52 bits per heavy atom. The molecule has 0 aliphatic carbocycles. The molecular weight excluding hydrogens is 423 g/mol. The predicted octanol–water partition coefficient (Wildman–Crippen LogP) is 3.46. The van der Waals surface area contributed by atoms with Crippen molar-refractivity contribution in [2.24, 2.45) is 0 Å². The van der Waals surface area contributed by atoms with Crippen LogP contribution in [0.5, 0.6) is 0 Å². The van der Waals surface area contributed by atoms with Crippen LogP contribution in [0.1, 0.15) is 20.7 Å². The molecule has 0 unspecified atom stereocenters. The smallest absolute Gasteiger partial charge is 0.338 e. The highest BCUT2D eigenvalue weighted by Gasteiger charge is 2.49. The standard InChI is InChI=1S/C19H16BrFO6/c20-27-19-15(21)16(26-18(23)13-9-5-2-6-10-13)14(25-19)11-24-17(22)12-7-3-1-4-8-12/h1-10,14-16,19H,11H2/t14-,15+,16-,19-/m1/s1. The number of carbonyl (C=O) groups is 2. The summed E-state index contributed by atoms with van der Waals surface area (Å²) in [6.07, 6.45) is -5.34. The van der Waals surface area contributed by atoms with Gasteiger partial charge in [0.25, 0.3) is 0 Å². The minimum atomic E-state index is -1.75.